The number of hydrogen-bond donors (Lipinski definition) is 2. The molecule has 1 aliphatic heterocycles. The van der Waals surface area contributed by atoms with Crippen molar-refractivity contribution in [3.8, 4) is 0 Å². The number of benzene rings is 1. The van der Waals surface area contributed by atoms with Crippen LogP contribution in [-0.4, -0.2) is 60.8 Å². The zero-order valence-corrected chi connectivity index (χ0v) is 19.4. The van der Waals surface area contributed by atoms with Crippen LogP contribution in [-0.2, 0) is 22.7 Å². The minimum atomic E-state index is -0.126. The lowest BCUT2D eigenvalue weighted by molar-refractivity contribution is -0.140. The van der Waals surface area contributed by atoms with Crippen molar-refractivity contribution in [3.63, 3.8) is 0 Å². The molecule has 7 nitrogen and oxygen atoms in total. The number of imide groups is 1. The number of amides is 2. The van der Waals surface area contributed by atoms with E-state index in [-0.39, 0.29) is 35.5 Å². The maximum atomic E-state index is 12.8. The quantitative estimate of drug-likeness (QED) is 0.267. The Kier molecular flexibility index (Phi) is 6.94. The fourth-order valence-corrected chi connectivity index (χ4v) is 5.23. The van der Waals surface area contributed by atoms with Gasteiger partial charge in [0.05, 0.1) is 18.4 Å². The van der Waals surface area contributed by atoms with Crippen LogP contribution in [0, 0.1) is 23.7 Å². The maximum absolute atomic E-state index is 12.8. The molecule has 2 fully saturated rings. The molecule has 32 heavy (non-hydrogen) atoms. The molecule has 0 spiro atoms. The standard InChI is InChI=1S/C25H35N5O2/c1-4-26-25(28-15-17-7-6-8-18(13-17)16-29(3)5-2)27-11-12-30-23(31)21-19-9-10-20(14-19)22(21)24(30)32/h6-10,13,19-22H,4-5,11-12,14-16H2,1-3H3,(H2,26,27,28). The summed E-state index contributed by atoms with van der Waals surface area (Å²) in [5.74, 6) is 0.975. The Morgan fingerprint density at radius 3 is 2.44 bits per heavy atom. The number of nitrogens with zero attached hydrogens (tertiary/aromatic N) is 3. The summed E-state index contributed by atoms with van der Waals surface area (Å²) in [5.41, 5.74) is 2.44. The molecule has 7 heteroatoms. The fourth-order valence-electron chi connectivity index (χ4n) is 5.23. The smallest absolute Gasteiger partial charge is 0.233 e. The lowest BCUT2D eigenvalue weighted by Crippen LogP contribution is -2.43. The fraction of sp³-hybridized carbons (Fsp3) is 0.560. The molecule has 0 radical (unpaired) electrons. The molecule has 1 aromatic carbocycles. The summed E-state index contributed by atoms with van der Waals surface area (Å²) in [6, 6.07) is 8.50. The second-order valence-corrected chi connectivity index (χ2v) is 9.10. The topological polar surface area (TPSA) is 77.0 Å². The molecule has 4 unspecified atom stereocenters. The van der Waals surface area contributed by atoms with Gasteiger partial charge in [-0.1, -0.05) is 43.3 Å². The van der Waals surface area contributed by atoms with E-state index in [0.717, 1.165) is 31.6 Å². The zero-order chi connectivity index (χ0) is 22.7. The van der Waals surface area contributed by atoms with Crippen LogP contribution >= 0.6 is 0 Å². The molecule has 1 aromatic rings. The Morgan fingerprint density at radius 1 is 1.09 bits per heavy atom. The second kappa shape index (κ2) is 9.86. The number of rotatable bonds is 9. The van der Waals surface area contributed by atoms with Gasteiger partial charge >= 0.3 is 0 Å². The van der Waals surface area contributed by atoms with Crippen LogP contribution < -0.4 is 10.6 Å². The first-order chi connectivity index (χ1) is 15.5. The molecule has 1 heterocycles. The molecule has 3 aliphatic rings. The summed E-state index contributed by atoms with van der Waals surface area (Å²) in [7, 11) is 2.11. The molecule has 2 aliphatic carbocycles. The van der Waals surface area contributed by atoms with Crippen LogP contribution in [0.15, 0.2) is 41.4 Å². The Bertz CT molecular complexity index is 881. The Morgan fingerprint density at radius 2 is 1.78 bits per heavy atom. The van der Waals surface area contributed by atoms with E-state index in [0.29, 0.717) is 25.6 Å². The largest absolute Gasteiger partial charge is 0.357 e. The van der Waals surface area contributed by atoms with Crippen LogP contribution in [0.3, 0.4) is 0 Å². The monoisotopic (exact) mass is 437 g/mol. The van der Waals surface area contributed by atoms with E-state index < -0.39 is 0 Å². The van der Waals surface area contributed by atoms with E-state index in [1.807, 2.05) is 6.92 Å². The van der Waals surface area contributed by atoms with Gasteiger partial charge in [0.2, 0.25) is 11.8 Å². The maximum Gasteiger partial charge on any atom is 0.233 e. The number of fused-ring (bicyclic) bond motifs is 5. The Balaban J connectivity index is 1.31. The van der Waals surface area contributed by atoms with Crippen molar-refractivity contribution in [2.75, 3.05) is 33.2 Å². The van der Waals surface area contributed by atoms with Gasteiger partial charge in [0.25, 0.3) is 0 Å². The van der Waals surface area contributed by atoms with E-state index in [4.69, 9.17) is 4.99 Å². The summed E-state index contributed by atoms with van der Waals surface area (Å²) in [4.78, 5) is 34.1. The van der Waals surface area contributed by atoms with Gasteiger partial charge in [0.1, 0.15) is 0 Å². The van der Waals surface area contributed by atoms with Crippen LogP contribution in [0.1, 0.15) is 31.4 Å². The van der Waals surface area contributed by atoms with Crippen LogP contribution in [0.25, 0.3) is 0 Å². The number of aliphatic imine (C=N–C) groups is 1. The van der Waals surface area contributed by atoms with Gasteiger partial charge < -0.3 is 15.5 Å². The van der Waals surface area contributed by atoms with Crippen LogP contribution in [0.2, 0.25) is 0 Å². The summed E-state index contributed by atoms with van der Waals surface area (Å²) in [5, 5.41) is 6.54. The predicted octanol–water partition coefficient (Wildman–Crippen LogP) is 2.00. The lowest BCUT2D eigenvalue weighted by atomic mass is 9.85. The van der Waals surface area contributed by atoms with E-state index in [9.17, 15) is 9.59 Å². The highest BCUT2D eigenvalue weighted by atomic mass is 16.2. The molecule has 0 aromatic heterocycles. The van der Waals surface area contributed by atoms with Crippen LogP contribution in [0.5, 0.6) is 0 Å². The molecular formula is C25H35N5O2. The van der Waals surface area contributed by atoms with Gasteiger partial charge in [0, 0.05) is 26.2 Å². The molecule has 1 saturated heterocycles. The van der Waals surface area contributed by atoms with Crippen molar-refractivity contribution in [1.29, 1.82) is 0 Å². The van der Waals surface area contributed by atoms with Gasteiger partial charge in [-0.05, 0) is 49.9 Å². The average molecular weight is 438 g/mol. The van der Waals surface area contributed by atoms with Crippen LogP contribution in [0.4, 0.5) is 0 Å². The third-order valence-electron chi connectivity index (χ3n) is 6.94. The first-order valence-corrected chi connectivity index (χ1v) is 11.8. The van der Waals surface area contributed by atoms with Crippen molar-refractivity contribution < 1.29 is 9.59 Å². The number of carbonyl (C=O) groups is 2. The van der Waals surface area contributed by atoms with Gasteiger partial charge in [-0.3, -0.25) is 14.5 Å². The van der Waals surface area contributed by atoms with E-state index >= 15 is 0 Å². The highest BCUT2D eigenvalue weighted by Gasteiger charge is 2.58. The minimum Gasteiger partial charge on any atom is -0.357 e. The van der Waals surface area contributed by atoms with E-state index in [1.54, 1.807) is 0 Å². The average Bonchev–Trinajstić information content (AvgIpc) is 3.47. The molecule has 2 bridgehead atoms. The van der Waals surface area contributed by atoms with Crippen molar-refractivity contribution in [3.05, 3.63) is 47.5 Å². The number of nitrogens with one attached hydrogen (secondary N) is 2. The van der Waals surface area contributed by atoms with Gasteiger partial charge in [-0.2, -0.15) is 0 Å². The number of carbonyl (C=O) groups excluding carboxylic acids is 2. The number of hydrogen-bond acceptors (Lipinski definition) is 4. The van der Waals surface area contributed by atoms with Gasteiger partial charge in [-0.25, -0.2) is 4.99 Å². The first kappa shape index (κ1) is 22.5. The highest BCUT2D eigenvalue weighted by molar-refractivity contribution is 6.06. The molecular weight excluding hydrogens is 402 g/mol. The minimum absolute atomic E-state index is 0.00875. The molecule has 4 rings (SSSR count). The molecule has 2 amide bonds. The summed E-state index contributed by atoms with van der Waals surface area (Å²) in [6.07, 6.45) is 5.22. The normalized spacial score (nSPS) is 26.4. The SMILES string of the molecule is CCNC(=NCc1cccc(CN(C)CC)c1)NCCN1C(=O)C2C3C=CC(C3)C2C1=O. The third kappa shape index (κ3) is 4.58. The van der Waals surface area contributed by atoms with Crippen molar-refractivity contribution in [2.45, 2.75) is 33.4 Å². The van der Waals surface area contributed by atoms with Gasteiger partial charge in [0.15, 0.2) is 5.96 Å². The predicted molar refractivity (Wildman–Crippen MR) is 126 cm³/mol. The van der Waals surface area contributed by atoms with Crippen molar-refractivity contribution in [1.82, 2.24) is 20.4 Å². The molecule has 2 N–H and O–H groups in total. The van der Waals surface area contributed by atoms with Gasteiger partial charge in [-0.15, -0.1) is 0 Å². The number of allylic oxidation sites excluding steroid dienone is 2. The molecule has 172 valence electrons. The zero-order valence-electron chi connectivity index (χ0n) is 19.4. The Hall–Kier alpha value is -2.67. The third-order valence-corrected chi connectivity index (χ3v) is 6.94. The van der Waals surface area contributed by atoms with Crippen molar-refractivity contribution >= 4 is 17.8 Å². The summed E-state index contributed by atoms with van der Waals surface area (Å²) >= 11 is 0. The van der Waals surface area contributed by atoms with Crippen molar-refractivity contribution in [2.24, 2.45) is 28.7 Å². The molecule has 1 saturated carbocycles. The second-order valence-electron chi connectivity index (χ2n) is 9.10. The summed E-state index contributed by atoms with van der Waals surface area (Å²) in [6.45, 7) is 8.30. The number of likely N-dealkylation sites (tertiary alicyclic amines) is 1. The Labute approximate surface area is 190 Å². The first-order valence-electron chi connectivity index (χ1n) is 11.8. The lowest BCUT2D eigenvalue weighted by Gasteiger charge is -2.18. The highest BCUT2D eigenvalue weighted by Crippen LogP contribution is 2.52. The van der Waals surface area contributed by atoms with E-state index in [2.05, 4.69) is 65.9 Å². The molecule has 4 atom stereocenters. The van der Waals surface area contributed by atoms with E-state index in [1.165, 1.54) is 10.5 Å². The number of guanidine groups is 1. The summed E-state index contributed by atoms with van der Waals surface area (Å²) < 4.78 is 0.